The summed E-state index contributed by atoms with van der Waals surface area (Å²) in [6.07, 6.45) is 1.52. The van der Waals surface area contributed by atoms with Gasteiger partial charge in [-0.15, -0.1) is 0 Å². The third kappa shape index (κ3) is 5.60. The number of hydrogen-bond donors (Lipinski definition) is 1. The van der Waals surface area contributed by atoms with Gasteiger partial charge in [-0.25, -0.2) is 0 Å². The molecule has 0 unspecified atom stereocenters. The van der Waals surface area contributed by atoms with E-state index in [4.69, 9.17) is 39.5 Å². The Balaban J connectivity index is 1.66. The van der Waals surface area contributed by atoms with Crippen molar-refractivity contribution in [3.63, 3.8) is 0 Å². The van der Waals surface area contributed by atoms with E-state index in [1.165, 1.54) is 18.3 Å². The summed E-state index contributed by atoms with van der Waals surface area (Å²) in [5.74, 6) is 0.355. The lowest BCUT2D eigenvalue weighted by atomic mass is 10.2. The Morgan fingerprint density at radius 2 is 1.66 bits per heavy atom. The fourth-order valence-corrected chi connectivity index (χ4v) is 3.20. The van der Waals surface area contributed by atoms with Gasteiger partial charge >= 0.3 is 0 Å². The number of nitro benzene ring substituents is 1. The van der Waals surface area contributed by atoms with Crippen LogP contribution in [0.2, 0.25) is 15.1 Å². The molecule has 0 spiro atoms. The van der Waals surface area contributed by atoms with E-state index in [2.05, 4.69) is 10.5 Å². The second-order valence-corrected chi connectivity index (χ2v) is 7.09. The van der Waals surface area contributed by atoms with E-state index in [0.717, 1.165) is 5.56 Å². The molecule has 0 aliphatic carbocycles. The van der Waals surface area contributed by atoms with Crippen molar-refractivity contribution in [2.75, 3.05) is 5.43 Å². The van der Waals surface area contributed by atoms with Crippen LogP contribution in [0.25, 0.3) is 0 Å². The summed E-state index contributed by atoms with van der Waals surface area (Å²) >= 11 is 18.7. The SMILES string of the molecule is O=[N+]([O-])c1ccc(N/N=C/c2cc(Cl)c(OCc3ccccc3Cl)c(Cl)c2)cc1. The third-order valence-electron chi connectivity index (χ3n) is 3.84. The maximum absolute atomic E-state index is 10.7. The molecule has 0 atom stereocenters. The fourth-order valence-electron chi connectivity index (χ4n) is 2.40. The Labute approximate surface area is 181 Å². The zero-order valence-electron chi connectivity index (χ0n) is 14.8. The number of anilines is 1. The number of nitrogens with one attached hydrogen (secondary N) is 1. The molecule has 0 aliphatic heterocycles. The molecule has 0 bridgehead atoms. The van der Waals surface area contributed by atoms with Crippen LogP contribution in [0.1, 0.15) is 11.1 Å². The minimum atomic E-state index is -0.466. The molecular weight excluding hydrogens is 437 g/mol. The molecule has 148 valence electrons. The zero-order chi connectivity index (χ0) is 20.8. The van der Waals surface area contributed by atoms with Gasteiger partial charge < -0.3 is 4.74 Å². The van der Waals surface area contributed by atoms with Crippen molar-refractivity contribution in [1.82, 2.24) is 0 Å². The molecule has 9 heteroatoms. The normalized spacial score (nSPS) is 10.9. The molecule has 0 radical (unpaired) electrons. The summed E-state index contributed by atoms with van der Waals surface area (Å²) in [6, 6.07) is 16.5. The molecule has 0 heterocycles. The topological polar surface area (TPSA) is 76.8 Å². The van der Waals surface area contributed by atoms with Gasteiger partial charge in [-0.3, -0.25) is 15.5 Å². The Bertz CT molecular complexity index is 1030. The van der Waals surface area contributed by atoms with E-state index in [1.54, 1.807) is 30.3 Å². The summed E-state index contributed by atoms with van der Waals surface area (Å²) in [6.45, 7) is 0.230. The van der Waals surface area contributed by atoms with E-state index in [9.17, 15) is 10.1 Å². The van der Waals surface area contributed by atoms with Crippen molar-refractivity contribution in [2.24, 2.45) is 5.10 Å². The molecule has 0 saturated heterocycles. The Morgan fingerprint density at radius 3 is 2.28 bits per heavy atom. The first-order valence-corrected chi connectivity index (χ1v) is 9.46. The van der Waals surface area contributed by atoms with Crippen LogP contribution in [0.4, 0.5) is 11.4 Å². The van der Waals surface area contributed by atoms with E-state index in [-0.39, 0.29) is 12.3 Å². The summed E-state index contributed by atoms with van der Waals surface area (Å²) in [5.41, 5.74) is 4.86. The van der Waals surface area contributed by atoms with Crippen molar-refractivity contribution >= 4 is 52.4 Å². The van der Waals surface area contributed by atoms with Crippen molar-refractivity contribution in [2.45, 2.75) is 6.61 Å². The van der Waals surface area contributed by atoms with E-state index >= 15 is 0 Å². The summed E-state index contributed by atoms with van der Waals surface area (Å²) in [4.78, 5) is 10.2. The van der Waals surface area contributed by atoms with Crippen LogP contribution in [0.5, 0.6) is 5.75 Å². The van der Waals surface area contributed by atoms with Crippen LogP contribution in [-0.2, 0) is 6.61 Å². The number of halogens is 3. The largest absolute Gasteiger partial charge is 0.486 e. The van der Waals surface area contributed by atoms with Gasteiger partial charge in [0.2, 0.25) is 0 Å². The van der Waals surface area contributed by atoms with Gasteiger partial charge in [-0.2, -0.15) is 5.10 Å². The Hall–Kier alpha value is -2.80. The first kappa shape index (κ1) is 20.9. The molecule has 1 N–H and O–H groups in total. The monoisotopic (exact) mass is 449 g/mol. The minimum absolute atomic E-state index is 0.00507. The second-order valence-electron chi connectivity index (χ2n) is 5.87. The standard InChI is InChI=1S/C20H14Cl3N3O3/c21-17-4-2-1-3-14(17)12-29-20-18(22)9-13(10-19(20)23)11-24-25-15-5-7-16(8-6-15)26(27)28/h1-11,25H,12H2/b24-11+. The molecule has 29 heavy (non-hydrogen) atoms. The second kappa shape index (κ2) is 9.60. The smallest absolute Gasteiger partial charge is 0.269 e. The van der Waals surface area contributed by atoms with Crippen LogP contribution in [0.15, 0.2) is 65.8 Å². The van der Waals surface area contributed by atoms with Crippen LogP contribution >= 0.6 is 34.8 Å². The van der Waals surface area contributed by atoms with Gasteiger partial charge in [0.25, 0.3) is 5.69 Å². The predicted molar refractivity (Wildman–Crippen MR) is 117 cm³/mol. The lowest BCUT2D eigenvalue weighted by Gasteiger charge is -2.11. The lowest BCUT2D eigenvalue weighted by Crippen LogP contribution is -1.98. The lowest BCUT2D eigenvalue weighted by molar-refractivity contribution is -0.384. The quantitative estimate of drug-likeness (QED) is 0.250. The highest BCUT2D eigenvalue weighted by molar-refractivity contribution is 6.37. The number of non-ortho nitro benzene ring substituents is 1. The maximum atomic E-state index is 10.7. The van der Waals surface area contributed by atoms with Gasteiger partial charge in [0.15, 0.2) is 5.75 Å². The fraction of sp³-hybridized carbons (Fsp3) is 0.0500. The molecule has 0 aliphatic rings. The first-order valence-electron chi connectivity index (χ1n) is 8.33. The van der Waals surface area contributed by atoms with Crippen LogP contribution in [-0.4, -0.2) is 11.1 Å². The maximum Gasteiger partial charge on any atom is 0.269 e. The molecule has 0 fully saturated rings. The number of hydrazone groups is 1. The van der Waals surface area contributed by atoms with Gasteiger partial charge in [-0.1, -0.05) is 53.0 Å². The molecule has 0 saturated carbocycles. The number of rotatable bonds is 7. The molecule has 0 amide bonds. The molecule has 0 aromatic heterocycles. The highest BCUT2D eigenvalue weighted by atomic mass is 35.5. The van der Waals surface area contributed by atoms with E-state index in [1.807, 2.05) is 18.2 Å². The number of ether oxygens (including phenoxy) is 1. The van der Waals surface area contributed by atoms with Crippen LogP contribution in [0, 0.1) is 10.1 Å². The third-order valence-corrected chi connectivity index (χ3v) is 4.77. The van der Waals surface area contributed by atoms with Gasteiger partial charge in [0.05, 0.1) is 26.9 Å². The average molecular weight is 451 g/mol. The van der Waals surface area contributed by atoms with Crippen molar-refractivity contribution in [1.29, 1.82) is 0 Å². The highest BCUT2D eigenvalue weighted by Crippen LogP contribution is 2.35. The molecule has 3 aromatic rings. The van der Waals surface area contributed by atoms with Crippen LogP contribution in [0.3, 0.4) is 0 Å². The minimum Gasteiger partial charge on any atom is -0.486 e. The summed E-state index contributed by atoms with van der Waals surface area (Å²) in [7, 11) is 0. The molecule has 3 aromatic carbocycles. The van der Waals surface area contributed by atoms with Gasteiger partial charge in [-0.05, 0) is 35.9 Å². The number of nitrogens with zero attached hydrogens (tertiary/aromatic N) is 2. The highest BCUT2D eigenvalue weighted by Gasteiger charge is 2.10. The number of hydrogen-bond acceptors (Lipinski definition) is 5. The van der Waals surface area contributed by atoms with Gasteiger partial charge in [0, 0.05) is 22.7 Å². The van der Waals surface area contributed by atoms with Crippen molar-refractivity contribution in [3.8, 4) is 5.75 Å². The Kier molecular flexibility index (Phi) is 6.93. The molecular formula is C20H14Cl3N3O3. The summed E-state index contributed by atoms with van der Waals surface area (Å²) < 4.78 is 5.73. The predicted octanol–water partition coefficient (Wildman–Crippen LogP) is 6.58. The molecule has 6 nitrogen and oxygen atoms in total. The zero-order valence-corrected chi connectivity index (χ0v) is 17.1. The average Bonchev–Trinajstić information content (AvgIpc) is 2.69. The van der Waals surface area contributed by atoms with E-state index < -0.39 is 4.92 Å². The van der Waals surface area contributed by atoms with E-state index in [0.29, 0.717) is 32.1 Å². The first-order chi connectivity index (χ1) is 13.9. The van der Waals surface area contributed by atoms with Crippen molar-refractivity contribution < 1.29 is 9.66 Å². The van der Waals surface area contributed by atoms with Crippen LogP contribution < -0.4 is 10.2 Å². The van der Waals surface area contributed by atoms with Gasteiger partial charge in [0.1, 0.15) is 6.61 Å². The van der Waals surface area contributed by atoms with Crippen molar-refractivity contribution in [3.05, 3.63) is 97.0 Å². The summed E-state index contributed by atoms with van der Waals surface area (Å²) in [5, 5.41) is 16.0. The molecule has 3 rings (SSSR count). The Morgan fingerprint density at radius 1 is 1.00 bits per heavy atom. The number of nitro groups is 1. The number of benzene rings is 3.